The lowest BCUT2D eigenvalue weighted by molar-refractivity contribution is -0.141. The molecule has 18 heavy (non-hydrogen) atoms. The van der Waals surface area contributed by atoms with Crippen LogP contribution in [0.25, 0.3) is 0 Å². The molecule has 3 N–H and O–H groups in total. The van der Waals surface area contributed by atoms with Crippen LogP contribution in [-0.2, 0) is 4.79 Å². The lowest BCUT2D eigenvalue weighted by Crippen LogP contribution is -2.40. The van der Waals surface area contributed by atoms with E-state index in [1.54, 1.807) is 18.2 Å². The van der Waals surface area contributed by atoms with Crippen LogP contribution in [0, 0.1) is 6.92 Å². The number of carboxylic acids is 1. The number of likely N-dealkylation sites (tertiary alicyclic amines) is 1. The molecule has 0 bridgehead atoms. The molecule has 1 atom stereocenters. The van der Waals surface area contributed by atoms with Crippen molar-refractivity contribution in [3.8, 4) is 0 Å². The summed E-state index contributed by atoms with van der Waals surface area (Å²) < 4.78 is 0. The summed E-state index contributed by atoms with van der Waals surface area (Å²) in [5.41, 5.74) is 7.67. The average molecular weight is 248 g/mol. The van der Waals surface area contributed by atoms with Gasteiger partial charge in [-0.1, -0.05) is 6.07 Å². The summed E-state index contributed by atoms with van der Waals surface area (Å²) in [5.74, 6) is -1.20. The lowest BCUT2D eigenvalue weighted by Gasteiger charge is -2.21. The Morgan fingerprint density at radius 1 is 1.44 bits per heavy atom. The Bertz CT molecular complexity index is 499. The van der Waals surface area contributed by atoms with E-state index in [2.05, 4.69) is 0 Å². The highest BCUT2D eigenvalue weighted by atomic mass is 16.4. The van der Waals surface area contributed by atoms with Crippen molar-refractivity contribution in [2.75, 3.05) is 12.3 Å². The third-order valence-corrected chi connectivity index (χ3v) is 3.32. The van der Waals surface area contributed by atoms with Crippen LogP contribution in [0.3, 0.4) is 0 Å². The summed E-state index contributed by atoms with van der Waals surface area (Å²) in [7, 11) is 0. The number of nitrogen functional groups attached to an aromatic ring is 1. The summed E-state index contributed by atoms with van der Waals surface area (Å²) >= 11 is 0. The summed E-state index contributed by atoms with van der Waals surface area (Å²) in [6.07, 6.45) is 1.24. The quantitative estimate of drug-likeness (QED) is 0.772. The molecule has 0 saturated carbocycles. The third-order valence-electron chi connectivity index (χ3n) is 3.32. The van der Waals surface area contributed by atoms with Gasteiger partial charge in [0, 0.05) is 17.8 Å². The molecule has 96 valence electrons. The normalized spacial score (nSPS) is 18.9. The third kappa shape index (κ3) is 2.16. The Labute approximate surface area is 105 Å². The SMILES string of the molecule is Cc1ccc(C(=O)N2CCC[C@@H]2C(=O)O)cc1N. The van der Waals surface area contributed by atoms with Crippen LogP contribution in [-0.4, -0.2) is 34.5 Å². The van der Waals surface area contributed by atoms with Gasteiger partial charge in [0.15, 0.2) is 0 Å². The fourth-order valence-corrected chi connectivity index (χ4v) is 2.21. The van der Waals surface area contributed by atoms with Crippen LogP contribution in [0.1, 0.15) is 28.8 Å². The molecule has 0 aliphatic carbocycles. The second-order valence-electron chi connectivity index (χ2n) is 4.57. The molecule has 1 fully saturated rings. The van der Waals surface area contributed by atoms with E-state index in [4.69, 9.17) is 10.8 Å². The summed E-state index contributed by atoms with van der Waals surface area (Å²) in [6.45, 7) is 2.35. The molecular weight excluding hydrogens is 232 g/mol. The van der Waals surface area contributed by atoms with E-state index in [-0.39, 0.29) is 5.91 Å². The molecule has 0 spiro atoms. The van der Waals surface area contributed by atoms with E-state index in [9.17, 15) is 9.59 Å². The van der Waals surface area contributed by atoms with Gasteiger partial charge >= 0.3 is 5.97 Å². The number of aryl methyl sites for hydroxylation is 1. The van der Waals surface area contributed by atoms with Crippen LogP contribution in [0.15, 0.2) is 18.2 Å². The van der Waals surface area contributed by atoms with Crippen molar-refractivity contribution in [2.24, 2.45) is 0 Å². The number of hydrogen-bond donors (Lipinski definition) is 2. The zero-order valence-electron chi connectivity index (χ0n) is 10.2. The number of nitrogens with two attached hydrogens (primary N) is 1. The summed E-state index contributed by atoms with van der Waals surface area (Å²) in [5, 5.41) is 9.06. The number of hydrogen-bond acceptors (Lipinski definition) is 3. The number of carbonyl (C=O) groups is 2. The zero-order chi connectivity index (χ0) is 13.3. The molecule has 1 saturated heterocycles. The van der Waals surface area contributed by atoms with Gasteiger partial charge in [0.1, 0.15) is 6.04 Å². The number of benzene rings is 1. The maximum Gasteiger partial charge on any atom is 0.326 e. The van der Waals surface area contributed by atoms with Crippen molar-refractivity contribution >= 4 is 17.6 Å². The lowest BCUT2D eigenvalue weighted by atomic mass is 10.1. The molecule has 1 aliphatic heterocycles. The standard InChI is InChI=1S/C13H16N2O3/c1-8-4-5-9(7-10(8)14)12(16)15-6-2-3-11(15)13(17)18/h4-5,7,11H,2-3,6,14H2,1H3,(H,17,18)/t11-/m1/s1. The van der Waals surface area contributed by atoms with Gasteiger partial charge in [-0.3, -0.25) is 4.79 Å². The van der Waals surface area contributed by atoms with Crippen molar-refractivity contribution in [3.05, 3.63) is 29.3 Å². The molecule has 5 heteroatoms. The molecule has 1 aliphatic rings. The van der Waals surface area contributed by atoms with Crippen molar-refractivity contribution in [2.45, 2.75) is 25.8 Å². The van der Waals surface area contributed by atoms with Gasteiger partial charge in [0.2, 0.25) is 0 Å². The smallest absolute Gasteiger partial charge is 0.326 e. The minimum Gasteiger partial charge on any atom is -0.480 e. The molecule has 1 aromatic carbocycles. The number of rotatable bonds is 2. The average Bonchev–Trinajstić information content (AvgIpc) is 2.81. The molecule has 5 nitrogen and oxygen atoms in total. The fraction of sp³-hybridized carbons (Fsp3) is 0.385. The number of nitrogens with zero attached hydrogens (tertiary/aromatic N) is 1. The van der Waals surface area contributed by atoms with Crippen LogP contribution >= 0.6 is 0 Å². The van der Waals surface area contributed by atoms with E-state index in [1.165, 1.54) is 4.90 Å². The van der Waals surface area contributed by atoms with Gasteiger partial charge < -0.3 is 15.7 Å². The van der Waals surface area contributed by atoms with Crippen molar-refractivity contribution in [3.63, 3.8) is 0 Å². The van der Waals surface area contributed by atoms with Gasteiger partial charge in [0.25, 0.3) is 5.91 Å². The van der Waals surface area contributed by atoms with E-state index < -0.39 is 12.0 Å². The monoisotopic (exact) mass is 248 g/mol. The first-order valence-corrected chi connectivity index (χ1v) is 5.90. The highest BCUT2D eigenvalue weighted by Crippen LogP contribution is 2.22. The number of carbonyl (C=O) groups excluding carboxylic acids is 1. The molecule has 1 heterocycles. The molecule has 1 aromatic rings. The highest BCUT2D eigenvalue weighted by molar-refractivity contribution is 5.97. The van der Waals surface area contributed by atoms with Crippen LogP contribution in [0.2, 0.25) is 0 Å². The molecular formula is C13H16N2O3. The van der Waals surface area contributed by atoms with Crippen molar-refractivity contribution in [1.29, 1.82) is 0 Å². The van der Waals surface area contributed by atoms with Crippen LogP contribution in [0.4, 0.5) is 5.69 Å². The number of anilines is 1. The maximum absolute atomic E-state index is 12.2. The zero-order valence-corrected chi connectivity index (χ0v) is 10.2. The van der Waals surface area contributed by atoms with Crippen LogP contribution < -0.4 is 5.73 Å². The first-order chi connectivity index (χ1) is 8.50. The minimum absolute atomic E-state index is 0.258. The first-order valence-electron chi connectivity index (χ1n) is 5.90. The van der Waals surface area contributed by atoms with Gasteiger partial charge in [-0.25, -0.2) is 4.79 Å². The Morgan fingerprint density at radius 2 is 2.17 bits per heavy atom. The van der Waals surface area contributed by atoms with Crippen molar-refractivity contribution < 1.29 is 14.7 Å². The van der Waals surface area contributed by atoms with Crippen LogP contribution in [0.5, 0.6) is 0 Å². The number of carboxylic acid groups (broad SMARTS) is 1. The Hall–Kier alpha value is -2.04. The summed E-state index contributed by atoms with van der Waals surface area (Å²) in [4.78, 5) is 24.7. The highest BCUT2D eigenvalue weighted by Gasteiger charge is 2.34. The molecule has 0 unspecified atom stereocenters. The molecule has 1 amide bonds. The summed E-state index contributed by atoms with van der Waals surface area (Å²) in [6, 6.07) is 4.36. The second-order valence-corrected chi connectivity index (χ2v) is 4.57. The minimum atomic E-state index is -0.944. The second kappa shape index (κ2) is 4.68. The maximum atomic E-state index is 12.2. The van der Waals surface area contributed by atoms with Gasteiger partial charge in [0.05, 0.1) is 0 Å². The molecule has 2 rings (SSSR count). The predicted octanol–water partition coefficient (Wildman–Crippen LogP) is 1.27. The van der Waals surface area contributed by atoms with Crippen molar-refractivity contribution in [1.82, 2.24) is 4.90 Å². The topological polar surface area (TPSA) is 83.6 Å². The van der Waals surface area contributed by atoms with Gasteiger partial charge in [-0.05, 0) is 37.5 Å². The van der Waals surface area contributed by atoms with Gasteiger partial charge in [-0.15, -0.1) is 0 Å². The number of aliphatic carboxylic acids is 1. The van der Waals surface area contributed by atoms with Gasteiger partial charge in [-0.2, -0.15) is 0 Å². The largest absolute Gasteiger partial charge is 0.480 e. The molecule has 0 aromatic heterocycles. The predicted molar refractivity (Wildman–Crippen MR) is 67.3 cm³/mol. The Kier molecular flexibility index (Phi) is 3.23. The first kappa shape index (κ1) is 12.4. The van der Waals surface area contributed by atoms with E-state index >= 15 is 0 Å². The van der Waals surface area contributed by atoms with E-state index in [1.807, 2.05) is 6.92 Å². The Balaban J connectivity index is 2.25. The Morgan fingerprint density at radius 3 is 2.78 bits per heavy atom. The van der Waals surface area contributed by atoms with E-state index in [0.717, 1.165) is 12.0 Å². The fourth-order valence-electron chi connectivity index (χ4n) is 2.21. The molecule has 0 radical (unpaired) electrons. The van der Waals surface area contributed by atoms with E-state index in [0.29, 0.717) is 24.2 Å². The number of amides is 1.